The molecule has 3 nitrogen and oxygen atoms in total. The van der Waals surface area contributed by atoms with Gasteiger partial charge >= 0.3 is 0 Å². The molecular weight excluding hydrogens is 655 g/mol. The topological polar surface area (TPSA) is 38.7 Å². The molecule has 3 heteroatoms. The van der Waals surface area contributed by atoms with Gasteiger partial charge in [0.25, 0.3) is 0 Å². The Bertz CT molecular complexity index is 2960. The van der Waals surface area contributed by atoms with E-state index in [1.165, 1.54) is 27.1 Å². The molecule has 0 amide bonds. The highest BCUT2D eigenvalue weighted by Gasteiger charge is 2.15. The smallest absolute Gasteiger partial charge is 0.160 e. The van der Waals surface area contributed by atoms with Crippen molar-refractivity contribution in [1.29, 1.82) is 0 Å². The van der Waals surface area contributed by atoms with Crippen molar-refractivity contribution in [2.75, 3.05) is 0 Å². The second kappa shape index (κ2) is 13.4. The fourth-order valence-corrected chi connectivity index (χ4v) is 7.57. The lowest BCUT2D eigenvalue weighted by molar-refractivity contribution is 1.18. The van der Waals surface area contributed by atoms with E-state index in [1.807, 2.05) is 24.3 Å². The summed E-state index contributed by atoms with van der Waals surface area (Å²) >= 11 is 0. The summed E-state index contributed by atoms with van der Waals surface area (Å²) in [6, 6.07) is 70.3. The van der Waals surface area contributed by atoms with Crippen LogP contribution in [-0.4, -0.2) is 15.0 Å². The molecule has 0 saturated heterocycles. The minimum atomic E-state index is 0.691. The van der Waals surface area contributed by atoms with Gasteiger partial charge in [-0.1, -0.05) is 176 Å². The van der Waals surface area contributed by atoms with Crippen molar-refractivity contribution >= 4 is 32.4 Å². The summed E-state index contributed by atoms with van der Waals surface area (Å²) in [6.45, 7) is 0. The molecule has 10 rings (SSSR count). The van der Waals surface area contributed by atoms with Gasteiger partial charge in [0.1, 0.15) is 0 Å². The number of aromatic nitrogens is 3. The highest BCUT2D eigenvalue weighted by Crippen LogP contribution is 2.38. The van der Waals surface area contributed by atoms with Crippen LogP contribution < -0.4 is 0 Å². The first-order chi connectivity index (χ1) is 26.7. The van der Waals surface area contributed by atoms with Crippen LogP contribution in [0, 0.1) is 0 Å². The zero-order valence-electron chi connectivity index (χ0n) is 29.4. The van der Waals surface area contributed by atoms with E-state index in [4.69, 9.17) is 15.0 Å². The average Bonchev–Trinajstić information content (AvgIpc) is 3.26. The monoisotopic (exact) mass is 687 g/mol. The second-order valence-electron chi connectivity index (χ2n) is 13.6. The molecule has 8 aromatic carbocycles. The van der Waals surface area contributed by atoms with Crippen molar-refractivity contribution in [2.24, 2.45) is 0 Å². The molecule has 0 aliphatic rings. The summed E-state index contributed by atoms with van der Waals surface area (Å²) in [5.74, 6) is 0.691. The number of hydrogen-bond acceptors (Lipinski definition) is 3. The molecule has 2 heterocycles. The van der Waals surface area contributed by atoms with Crippen LogP contribution in [0.2, 0.25) is 0 Å². The summed E-state index contributed by atoms with van der Waals surface area (Å²) in [5.41, 5.74) is 12.5. The Morgan fingerprint density at radius 2 is 0.815 bits per heavy atom. The first-order valence-electron chi connectivity index (χ1n) is 18.3. The van der Waals surface area contributed by atoms with Crippen LogP contribution >= 0.6 is 0 Å². The van der Waals surface area contributed by atoms with E-state index in [2.05, 4.69) is 176 Å². The van der Waals surface area contributed by atoms with Crippen LogP contribution in [0.3, 0.4) is 0 Å². The Morgan fingerprint density at radius 1 is 0.278 bits per heavy atom. The maximum atomic E-state index is 5.24. The molecule has 2 aromatic heterocycles. The van der Waals surface area contributed by atoms with Gasteiger partial charge in [0.05, 0.1) is 22.6 Å². The molecule has 0 N–H and O–H groups in total. The minimum Gasteiger partial charge on any atom is -0.247 e. The largest absolute Gasteiger partial charge is 0.247 e. The molecule has 0 aliphatic carbocycles. The van der Waals surface area contributed by atoms with E-state index in [9.17, 15) is 0 Å². The summed E-state index contributed by atoms with van der Waals surface area (Å²) in [4.78, 5) is 15.5. The van der Waals surface area contributed by atoms with E-state index in [-0.39, 0.29) is 0 Å². The molecule has 0 saturated carbocycles. The average molecular weight is 688 g/mol. The van der Waals surface area contributed by atoms with Crippen molar-refractivity contribution in [2.45, 2.75) is 0 Å². The van der Waals surface area contributed by atoms with Crippen LogP contribution in [0.5, 0.6) is 0 Å². The van der Waals surface area contributed by atoms with Crippen LogP contribution in [0.15, 0.2) is 200 Å². The van der Waals surface area contributed by atoms with Crippen LogP contribution in [0.1, 0.15) is 0 Å². The molecule has 54 heavy (non-hydrogen) atoms. The predicted molar refractivity (Wildman–Crippen MR) is 225 cm³/mol. The van der Waals surface area contributed by atoms with E-state index in [0.29, 0.717) is 5.82 Å². The van der Waals surface area contributed by atoms with Gasteiger partial charge in [-0.2, -0.15) is 0 Å². The molecule has 0 unspecified atom stereocenters. The van der Waals surface area contributed by atoms with Gasteiger partial charge in [-0.05, 0) is 57.3 Å². The number of hydrogen-bond donors (Lipinski definition) is 0. The Hall–Kier alpha value is -7.23. The Labute approximate surface area is 313 Å². The van der Waals surface area contributed by atoms with Crippen molar-refractivity contribution in [1.82, 2.24) is 15.0 Å². The van der Waals surface area contributed by atoms with E-state index < -0.39 is 0 Å². The van der Waals surface area contributed by atoms with Crippen molar-refractivity contribution in [3.8, 4) is 67.4 Å². The van der Waals surface area contributed by atoms with Crippen molar-refractivity contribution < 1.29 is 0 Å². The Morgan fingerprint density at radius 3 is 1.57 bits per heavy atom. The number of para-hydroxylation sites is 1. The van der Waals surface area contributed by atoms with Gasteiger partial charge < -0.3 is 0 Å². The molecule has 10 aromatic rings. The SMILES string of the molecule is c1ccc(-c2cccc(-c3cc(-c4ccccc4)nc(-c4ccc(-c5cccc(-c6nc7ccccc7c7c6ccc6ccccc67)c5)cc4)n3)c2)cc1. The van der Waals surface area contributed by atoms with Crippen LogP contribution in [0.4, 0.5) is 0 Å². The highest BCUT2D eigenvalue weighted by atomic mass is 14.9. The standard InChI is InChI=1S/C51H33N3/c1-3-13-34(14-4-1)39-18-11-20-41(31-39)48-33-47(37-16-5-2-6-17-37)53-51(54-48)38-27-25-35(26-28-38)40-19-12-21-42(32-40)50-45-30-29-36-15-7-8-22-43(36)49(45)44-23-9-10-24-46(44)52-50/h1-33H. The summed E-state index contributed by atoms with van der Waals surface area (Å²) in [6.07, 6.45) is 0. The maximum Gasteiger partial charge on any atom is 0.160 e. The van der Waals surface area contributed by atoms with Gasteiger partial charge in [0, 0.05) is 38.4 Å². The fraction of sp³-hybridized carbons (Fsp3) is 0. The van der Waals surface area contributed by atoms with E-state index in [0.717, 1.165) is 66.9 Å². The molecule has 0 aliphatic heterocycles. The second-order valence-corrected chi connectivity index (χ2v) is 13.6. The maximum absolute atomic E-state index is 5.24. The normalized spacial score (nSPS) is 11.3. The molecule has 0 bridgehead atoms. The van der Waals surface area contributed by atoms with E-state index >= 15 is 0 Å². The number of pyridine rings is 1. The molecule has 252 valence electrons. The Kier molecular flexibility index (Phi) is 7.81. The zero-order valence-corrected chi connectivity index (χ0v) is 29.4. The number of fused-ring (bicyclic) bond motifs is 5. The highest BCUT2D eigenvalue weighted by molar-refractivity contribution is 6.22. The van der Waals surface area contributed by atoms with Crippen LogP contribution in [0.25, 0.3) is 99.9 Å². The summed E-state index contributed by atoms with van der Waals surface area (Å²) in [5, 5.41) is 6.04. The van der Waals surface area contributed by atoms with Gasteiger partial charge in [-0.3, -0.25) is 0 Å². The third kappa shape index (κ3) is 5.78. The summed E-state index contributed by atoms with van der Waals surface area (Å²) < 4.78 is 0. The van der Waals surface area contributed by atoms with Gasteiger partial charge in [-0.15, -0.1) is 0 Å². The third-order valence-electron chi connectivity index (χ3n) is 10.3. The molecule has 0 atom stereocenters. The Balaban J connectivity index is 1.04. The van der Waals surface area contributed by atoms with Gasteiger partial charge in [0.15, 0.2) is 5.82 Å². The molecule has 0 fully saturated rings. The van der Waals surface area contributed by atoms with Gasteiger partial charge in [0.2, 0.25) is 0 Å². The first-order valence-corrected chi connectivity index (χ1v) is 18.3. The fourth-order valence-electron chi connectivity index (χ4n) is 7.57. The molecule has 0 radical (unpaired) electrons. The molecular formula is C51H33N3. The number of benzene rings is 8. The zero-order chi connectivity index (χ0) is 35.8. The van der Waals surface area contributed by atoms with Crippen molar-refractivity contribution in [3.63, 3.8) is 0 Å². The van der Waals surface area contributed by atoms with Crippen LogP contribution in [-0.2, 0) is 0 Å². The third-order valence-corrected chi connectivity index (χ3v) is 10.3. The lowest BCUT2D eigenvalue weighted by atomic mass is 9.94. The minimum absolute atomic E-state index is 0.691. The predicted octanol–water partition coefficient (Wildman–Crippen LogP) is 13.3. The number of rotatable bonds is 6. The molecule has 0 spiro atoms. The quantitative estimate of drug-likeness (QED) is 0.163. The first kappa shape index (κ1) is 31.5. The summed E-state index contributed by atoms with van der Waals surface area (Å²) in [7, 11) is 0. The lowest BCUT2D eigenvalue weighted by Gasteiger charge is -2.14. The lowest BCUT2D eigenvalue weighted by Crippen LogP contribution is -1.96. The van der Waals surface area contributed by atoms with Gasteiger partial charge in [-0.25, -0.2) is 15.0 Å². The van der Waals surface area contributed by atoms with Crippen molar-refractivity contribution in [3.05, 3.63) is 200 Å². The number of nitrogens with zero attached hydrogens (tertiary/aromatic N) is 3. The van der Waals surface area contributed by atoms with E-state index in [1.54, 1.807) is 0 Å².